The summed E-state index contributed by atoms with van der Waals surface area (Å²) in [5.41, 5.74) is 0.726. The van der Waals surface area contributed by atoms with Crippen molar-refractivity contribution in [2.75, 3.05) is 13.7 Å². The van der Waals surface area contributed by atoms with Crippen LogP contribution in [0, 0.1) is 5.82 Å². The lowest BCUT2D eigenvalue weighted by molar-refractivity contribution is 0.226. The van der Waals surface area contributed by atoms with Crippen molar-refractivity contribution in [1.82, 2.24) is 0 Å². The van der Waals surface area contributed by atoms with Gasteiger partial charge in [-0.05, 0) is 32.8 Å². The van der Waals surface area contributed by atoms with Crippen LogP contribution in [0.5, 0.6) is 11.5 Å². The largest absolute Gasteiger partial charge is 0.493 e. The molecule has 0 aliphatic heterocycles. The van der Waals surface area contributed by atoms with Gasteiger partial charge in [-0.3, -0.25) is 0 Å². The van der Waals surface area contributed by atoms with E-state index in [1.165, 1.54) is 19.2 Å². The van der Waals surface area contributed by atoms with Crippen LogP contribution in [0.25, 0.3) is 0 Å². The molecule has 1 N–H and O–H groups in total. The number of aliphatic hydroxyl groups excluding tert-OH is 1. The number of rotatable bonds is 6. The summed E-state index contributed by atoms with van der Waals surface area (Å²) >= 11 is 0. The Bertz CT molecular complexity index is 364. The minimum atomic E-state index is -0.356. The second-order valence-electron chi connectivity index (χ2n) is 4.09. The Labute approximate surface area is 101 Å². The highest BCUT2D eigenvalue weighted by molar-refractivity contribution is 5.47. The van der Waals surface area contributed by atoms with Gasteiger partial charge in [0.25, 0.3) is 0 Å². The lowest BCUT2D eigenvalue weighted by atomic mass is 10.1. The fraction of sp³-hybridized carbons (Fsp3) is 0.538. The van der Waals surface area contributed by atoms with E-state index in [0.29, 0.717) is 24.3 Å². The summed E-state index contributed by atoms with van der Waals surface area (Å²) in [5, 5.41) is 8.83. The highest BCUT2D eigenvalue weighted by Gasteiger charge is 2.14. The van der Waals surface area contributed by atoms with E-state index >= 15 is 0 Å². The molecule has 96 valence electrons. The van der Waals surface area contributed by atoms with E-state index < -0.39 is 0 Å². The topological polar surface area (TPSA) is 38.7 Å². The Hall–Kier alpha value is -1.29. The maximum Gasteiger partial charge on any atom is 0.164 e. The average molecular weight is 242 g/mol. The Morgan fingerprint density at radius 1 is 1.35 bits per heavy atom. The maximum atomic E-state index is 13.4. The van der Waals surface area contributed by atoms with E-state index in [4.69, 9.17) is 14.6 Å². The summed E-state index contributed by atoms with van der Waals surface area (Å²) < 4.78 is 24.1. The first-order valence-corrected chi connectivity index (χ1v) is 5.72. The van der Waals surface area contributed by atoms with Crippen molar-refractivity contribution in [3.8, 4) is 11.5 Å². The first kappa shape index (κ1) is 13.8. The standard InChI is InChI=1S/C13H19FO3/c1-9(2)17-13-10(5-4-6-15)7-11(14)8-12(13)16-3/h7-9,15H,4-6H2,1-3H3. The molecule has 0 unspecified atom stereocenters. The molecule has 0 saturated heterocycles. The SMILES string of the molecule is COc1cc(F)cc(CCCO)c1OC(C)C. The third-order valence-corrected chi connectivity index (χ3v) is 2.27. The van der Waals surface area contributed by atoms with E-state index in [0.717, 1.165) is 5.56 Å². The van der Waals surface area contributed by atoms with Gasteiger partial charge < -0.3 is 14.6 Å². The highest BCUT2D eigenvalue weighted by atomic mass is 19.1. The molecule has 1 rings (SSSR count). The van der Waals surface area contributed by atoms with E-state index in [9.17, 15) is 4.39 Å². The van der Waals surface area contributed by atoms with Crippen LogP contribution in [-0.4, -0.2) is 24.9 Å². The predicted molar refractivity (Wildman–Crippen MR) is 64.1 cm³/mol. The lowest BCUT2D eigenvalue weighted by Gasteiger charge is -2.17. The normalized spacial score (nSPS) is 10.7. The van der Waals surface area contributed by atoms with Crippen molar-refractivity contribution in [1.29, 1.82) is 0 Å². The fourth-order valence-electron chi connectivity index (χ4n) is 1.60. The molecule has 0 radical (unpaired) electrons. The molecule has 0 atom stereocenters. The van der Waals surface area contributed by atoms with Crippen LogP contribution in [0.15, 0.2) is 12.1 Å². The Morgan fingerprint density at radius 3 is 2.59 bits per heavy atom. The summed E-state index contributed by atoms with van der Waals surface area (Å²) in [4.78, 5) is 0. The van der Waals surface area contributed by atoms with E-state index in [-0.39, 0.29) is 18.5 Å². The lowest BCUT2D eigenvalue weighted by Crippen LogP contribution is -2.09. The maximum absolute atomic E-state index is 13.4. The second-order valence-corrected chi connectivity index (χ2v) is 4.09. The van der Waals surface area contributed by atoms with Gasteiger partial charge in [0.15, 0.2) is 11.5 Å². The van der Waals surface area contributed by atoms with Crippen molar-refractivity contribution in [2.24, 2.45) is 0 Å². The quantitative estimate of drug-likeness (QED) is 0.833. The number of aliphatic hydroxyl groups is 1. The Balaban J connectivity index is 3.08. The second kappa shape index (κ2) is 6.45. The van der Waals surface area contributed by atoms with Crippen LogP contribution in [0.2, 0.25) is 0 Å². The molecule has 0 heterocycles. The zero-order chi connectivity index (χ0) is 12.8. The third-order valence-electron chi connectivity index (χ3n) is 2.27. The molecule has 4 heteroatoms. The van der Waals surface area contributed by atoms with Gasteiger partial charge in [0.1, 0.15) is 5.82 Å². The van der Waals surface area contributed by atoms with Gasteiger partial charge in [-0.15, -0.1) is 0 Å². The summed E-state index contributed by atoms with van der Waals surface area (Å²) in [5.74, 6) is 0.606. The molecule has 0 spiro atoms. The van der Waals surface area contributed by atoms with Crippen LogP contribution >= 0.6 is 0 Å². The van der Waals surface area contributed by atoms with Gasteiger partial charge in [0.05, 0.1) is 13.2 Å². The first-order valence-electron chi connectivity index (χ1n) is 5.72. The smallest absolute Gasteiger partial charge is 0.164 e. The van der Waals surface area contributed by atoms with Crippen LogP contribution in [-0.2, 0) is 6.42 Å². The van der Waals surface area contributed by atoms with Crippen molar-refractivity contribution in [3.05, 3.63) is 23.5 Å². The average Bonchev–Trinajstić information content (AvgIpc) is 2.28. The molecule has 0 saturated carbocycles. The molecule has 17 heavy (non-hydrogen) atoms. The number of hydrogen-bond acceptors (Lipinski definition) is 3. The number of methoxy groups -OCH3 is 1. The number of ether oxygens (including phenoxy) is 2. The number of benzene rings is 1. The van der Waals surface area contributed by atoms with Crippen molar-refractivity contribution in [3.63, 3.8) is 0 Å². The zero-order valence-electron chi connectivity index (χ0n) is 10.5. The van der Waals surface area contributed by atoms with Crippen LogP contribution in [0.3, 0.4) is 0 Å². The monoisotopic (exact) mass is 242 g/mol. The van der Waals surface area contributed by atoms with Gasteiger partial charge in [0.2, 0.25) is 0 Å². The van der Waals surface area contributed by atoms with Crippen LogP contribution < -0.4 is 9.47 Å². The molecule has 0 aromatic heterocycles. The molecular weight excluding hydrogens is 223 g/mol. The molecule has 0 aliphatic carbocycles. The van der Waals surface area contributed by atoms with Gasteiger partial charge in [-0.1, -0.05) is 0 Å². The number of hydrogen-bond donors (Lipinski definition) is 1. The zero-order valence-corrected chi connectivity index (χ0v) is 10.5. The van der Waals surface area contributed by atoms with E-state index in [1.807, 2.05) is 13.8 Å². The molecule has 0 bridgehead atoms. The summed E-state index contributed by atoms with van der Waals surface area (Å²) in [6, 6.07) is 2.73. The van der Waals surface area contributed by atoms with E-state index in [2.05, 4.69) is 0 Å². The highest BCUT2D eigenvalue weighted by Crippen LogP contribution is 2.34. The van der Waals surface area contributed by atoms with Crippen LogP contribution in [0.4, 0.5) is 4.39 Å². The Kier molecular flexibility index (Phi) is 5.22. The molecule has 0 amide bonds. The minimum Gasteiger partial charge on any atom is -0.493 e. The van der Waals surface area contributed by atoms with Gasteiger partial charge in [-0.25, -0.2) is 4.39 Å². The van der Waals surface area contributed by atoms with Gasteiger partial charge in [-0.2, -0.15) is 0 Å². The summed E-state index contributed by atoms with van der Waals surface area (Å²) in [6.07, 6.45) is 1.12. The van der Waals surface area contributed by atoms with Crippen LogP contribution in [0.1, 0.15) is 25.8 Å². The van der Waals surface area contributed by atoms with Gasteiger partial charge in [0, 0.05) is 18.2 Å². The van der Waals surface area contributed by atoms with Crippen molar-refractivity contribution < 1.29 is 19.0 Å². The molecule has 1 aromatic rings. The number of aryl methyl sites for hydroxylation is 1. The first-order chi connectivity index (χ1) is 8.08. The third kappa shape index (κ3) is 3.89. The van der Waals surface area contributed by atoms with Gasteiger partial charge >= 0.3 is 0 Å². The molecule has 0 aliphatic rings. The predicted octanol–water partition coefficient (Wildman–Crippen LogP) is 2.55. The summed E-state index contributed by atoms with van der Waals surface area (Å²) in [7, 11) is 1.48. The summed E-state index contributed by atoms with van der Waals surface area (Å²) in [6.45, 7) is 3.87. The van der Waals surface area contributed by atoms with Crippen molar-refractivity contribution in [2.45, 2.75) is 32.8 Å². The fourth-order valence-corrected chi connectivity index (χ4v) is 1.60. The molecular formula is C13H19FO3. The van der Waals surface area contributed by atoms with E-state index in [1.54, 1.807) is 0 Å². The van der Waals surface area contributed by atoms with Crippen molar-refractivity contribution >= 4 is 0 Å². The number of halogens is 1. The molecule has 0 fully saturated rings. The molecule has 1 aromatic carbocycles. The minimum absolute atomic E-state index is 0.0118. The molecule has 3 nitrogen and oxygen atoms in total. The Morgan fingerprint density at radius 2 is 2.06 bits per heavy atom.